The zero-order chi connectivity index (χ0) is 10.8. The summed E-state index contributed by atoms with van der Waals surface area (Å²) >= 11 is 0. The molecule has 1 amide bonds. The molecule has 4 nitrogen and oxygen atoms in total. The van der Waals surface area contributed by atoms with Crippen LogP contribution in [0.25, 0.3) is 0 Å². The minimum atomic E-state index is -0.253. The van der Waals surface area contributed by atoms with E-state index in [2.05, 4.69) is 12.2 Å². The van der Waals surface area contributed by atoms with E-state index in [1.807, 2.05) is 0 Å². The van der Waals surface area contributed by atoms with Gasteiger partial charge in [-0.15, -0.1) is 0 Å². The van der Waals surface area contributed by atoms with Crippen molar-refractivity contribution in [3.8, 4) is 0 Å². The first-order valence-corrected chi connectivity index (χ1v) is 5.83. The van der Waals surface area contributed by atoms with E-state index in [0.717, 1.165) is 6.42 Å². The lowest BCUT2D eigenvalue weighted by Crippen LogP contribution is -2.44. The molecule has 0 aromatic heterocycles. The minimum Gasteiger partial charge on any atom is -0.368 e. The van der Waals surface area contributed by atoms with Crippen molar-refractivity contribution in [2.45, 2.75) is 38.3 Å². The summed E-state index contributed by atoms with van der Waals surface area (Å²) < 4.78 is 5.38. The van der Waals surface area contributed by atoms with Gasteiger partial charge in [0.05, 0.1) is 0 Å². The van der Waals surface area contributed by atoms with Crippen LogP contribution < -0.4 is 11.1 Å². The van der Waals surface area contributed by atoms with Gasteiger partial charge in [-0.2, -0.15) is 0 Å². The van der Waals surface area contributed by atoms with Crippen LogP contribution in [0.4, 0.5) is 0 Å². The molecule has 2 rings (SSSR count). The number of nitrogens with two attached hydrogens (primary N) is 1. The molecule has 0 aromatic carbocycles. The van der Waals surface area contributed by atoms with E-state index in [4.69, 9.17) is 10.5 Å². The summed E-state index contributed by atoms with van der Waals surface area (Å²) in [6.07, 6.45) is 3.16. The monoisotopic (exact) mass is 212 g/mol. The maximum atomic E-state index is 11.7. The van der Waals surface area contributed by atoms with Crippen LogP contribution in [0, 0.1) is 11.8 Å². The molecule has 2 fully saturated rings. The van der Waals surface area contributed by atoms with Crippen LogP contribution in [0.3, 0.4) is 0 Å². The predicted molar refractivity (Wildman–Crippen MR) is 57.2 cm³/mol. The van der Waals surface area contributed by atoms with Crippen molar-refractivity contribution in [2.75, 3.05) is 13.2 Å². The second-order valence-electron chi connectivity index (χ2n) is 4.80. The van der Waals surface area contributed by atoms with E-state index >= 15 is 0 Å². The molecular weight excluding hydrogens is 192 g/mol. The highest BCUT2D eigenvalue weighted by atomic mass is 16.5. The normalized spacial score (nSPS) is 32.7. The van der Waals surface area contributed by atoms with Crippen molar-refractivity contribution in [1.29, 1.82) is 0 Å². The lowest BCUT2D eigenvalue weighted by Gasteiger charge is -2.16. The van der Waals surface area contributed by atoms with Crippen LogP contribution in [0.2, 0.25) is 0 Å². The van der Waals surface area contributed by atoms with Gasteiger partial charge in [-0.1, -0.05) is 6.92 Å². The van der Waals surface area contributed by atoms with Crippen molar-refractivity contribution in [3.63, 3.8) is 0 Å². The molecule has 86 valence electrons. The molecule has 1 aliphatic heterocycles. The smallest absolute Gasteiger partial charge is 0.249 e. The number of hydrogen-bond donors (Lipinski definition) is 2. The molecule has 0 spiro atoms. The molecule has 15 heavy (non-hydrogen) atoms. The van der Waals surface area contributed by atoms with Crippen molar-refractivity contribution in [2.24, 2.45) is 17.6 Å². The number of carbonyl (C=O) groups excluding carboxylic acids is 1. The van der Waals surface area contributed by atoms with Gasteiger partial charge in [-0.3, -0.25) is 4.79 Å². The quantitative estimate of drug-likeness (QED) is 0.703. The third-order valence-corrected chi connectivity index (χ3v) is 3.39. The minimum absolute atomic E-state index is 0.0103. The maximum absolute atomic E-state index is 11.7. The summed E-state index contributed by atoms with van der Waals surface area (Å²) in [6.45, 7) is 3.35. The Morgan fingerprint density at radius 2 is 2.27 bits per heavy atom. The summed E-state index contributed by atoms with van der Waals surface area (Å²) in [5.74, 6) is 0.977. The number of amides is 1. The van der Waals surface area contributed by atoms with Crippen molar-refractivity contribution in [1.82, 2.24) is 5.32 Å². The van der Waals surface area contributed by atoms with Crippen LogP contribution in [-0.4, -0.2) is 31.2 Å². The van der Waals surface area contributed by atoms with Gasteiger partial charge in [0.15, 0.2) is 0 Å². The Balaban J connectivity index is 1.71. The maximum Gasteiger partial charge on any atom is 0.249 e. The van der Waals surface area contributed by atoms with Crippen molar-refractivity contribution in [3.05, 3.63) is 0 Å². The molecule has 2 aliphatic rings. The van der Waals surface area contributed by atoms with Gasteiger partial charge in [-0.25, -0.2) is 0 Å². The first-order chi connectivity index (χ1) is 7.18. The molecule has 3 atom stereocenters. The topological polar surface area (TPSA) is 64.3 Å². The lowest BCUT2D eigenvalue weighted by molar-refractivity contribution is -0.131. The average Bonchev–Trinajstić information content (AvgIpc) is 2.98. The average molecular weight is 212 g/mol. The number of nitrogens with one attached hydrogen (secondary N) is 1. The summed E-state index contributed by atoms with van der Waals surface area (Å²) in [7, 11) is 0. The highest BCUT2D eigenvalue weighted by Crippen LogP contribution is 2.31. The van der Waals surface area contributed by atoms with Gasteiger partial charge in [-0.05, 0) is 31.1 Å². The van der Waals surface area contributed by atoms with Gasteiger partial charge >= 0.3 is 0 Å². The molecule has 1 saturated heterocycles. The van der Waals surface area contributed by atoms with Crippen LogP contribution >= 0.6 is 0 Å². The van der Waals surface area contributed by atoms with Gasteiger partial charge in [0.1, 0.15) is 6.10 Å². The fourth-order valence-corrected chi connectivity index (χ4v) is 2.04. The van der Waals surface area contributed by atoms with Gasteiger partial charge in [0.2, 0.25) is 5.91 Å². The van der Waals surface area contributed by atoms with Crippen LogP contribution in [-0.2, 0) is 9.53 Å². The fraction of sp³-hybridized carbons (Fsp3) is 0.909. The molecule has 0 aromatic rings. The van der Waals surface area contributed by atoms with E-state index in [1.54, 1.807) is 0 Å². The van der Waals surface area contributed by atoms with Crippen molar-refractivity contribution >= 4 is 5.91 Å². The van der Waals surface area contributed by atoms with E-state index in [0.29, 0.717) is 25.0 Å². The molecule has 1 aliphatic carbocycles. The van der Waals surface area contributed by atoms with Crippen LogP contribution in [0.5, 0.6) is 0 Å². The Labute approximate surface area is 90.5 Å². The standard InChI is InChI=1S/C11H20N2O2/c1-7-4-5-15-10(7)11(14)13-6-9(12)8-2-3-8/h7-10H,2-6,12H2,1H3,(H,13,14). The molecule has 1 heterocycles. The molecule has 0 bridgehead atoms. The van der Waals surface area contributed by atoms with Crippen LogP contribution in [0.15, 0.2) is 0 Å². The van der Waals surface area contributed by atoms with E-state index in [-0.39, 0.29) is 18.1 Å². The molecule has 4 heteroatoms. The van der Waals surface area contributed by atoms with Gasteiger partial charge in [0.25, 0.3) is 0 Å². The Kier molecular flexibility index (Phi) is 3.26. The lowest BCUT2D eigenvalue weighted by atomic mass is 10.0. The molecular formula is C11H20N2O2. The van der Waals surface area contributed by atoms with Gasteiger partial charge < -0.3 is 15.8 Å². The third-order valence-electron chi connectivity index (χ3n) is 3.39. The first-order valence-electron chi connectivity index (χ1n) is 5.83. The van der Waals surface area contributed by atoms with Crippen LogP contribution in [0.1, 0.15) is 26.2 Å². The second-order valence-corrected chi connectivity index (χ2v) is 4.80. The third kappa shape index (κ3) is 2.69. The number of rotatable bonds is 4. The van der Waals surface area contributed by atoms with E-state index < -0.39 is 0 Å². The largest absolute Gasteiger partial charge is 0.368 e. The van der Waals surface area contributed by atoms with Crippen molar-refractivity contribution < 1.29 is 9.53 Å². The second kappa shape index (κ2) is 4.49. The summed E-state index contributed by atoms with van der Waals surface area (Å²) in [4.78, 5) is 11.7. The Hall–Kier alpha value is -0.610. The zero-order valence-electron chi connectivity index (χ0n) is 9.24. The Morgan fingerprint density at radius 1 is 1.53 bits per heavy atom. The summed E-state index contributed by atoms with van der Waals surface area (Å²) in [6, 6.07) is 0.130. The molecule has 0 radical (unpaired) electrons. The highest BCUT2D eigenvalue weighted by Gasteiger charge is 2.32. The van der Waals surface area contributed by atoms with E-state index in [1.165, 1.54) is 12.8 Å². The Bertz CT molecular complexity index is 241. The number of ether oxygens (including phenoxy) is 1. The summed E-state index contributed by atoms with van der Waals surface area (Å²) in [5, 5.41) is 2.89. The van der Waals surface area contributed by atoms with E-state index in [9.17, 15) is 4.79 Å². The Morgan fingerprint density at radius 3 is 2.80 bits per heavy atom. The van der Waals surface area contributed by atoms with Gasteiger partial charge in [0, 0.05) is 19.2 Å². The molecule has 3 N–H and O–H groups in total. The number of carbonyl (C=O) groups is 1. The fourth-order valence-electron chi connectivity index (χ4n) is 2.04. The zero-order valence-corrected chi connectivity index (χ0v) is 9.24. The molecule has 1 saturated carbocycles. The SMILES string of the molecule is CC1CCOC1C(=O)NCC(N)C1CC1. The summed E-state index contributed by atoms with van der Waals surface area (Å²) in [5.41, 5.74) is 5.91. The number of hydrogen-bond acceptors (Lipinski definition) is 3. The highest BCUT2D eigenvalue weighted by molar-refractivity contribution is 5.81. The first kappa shape index (κ1) is 10.9. The molecule has 3 unspecified atom stereocenters. The predicted octanol–water partition coefficient (Wildman–Crippen LogP) is 0.265.